The van der Waals surface area contributed by atoms with Crippen molar-refractivity contribution in [3.63, 3.8) is 0 Å². The Bertz CT molecular complexity index is 1630. The van der Waals surface area contributed by atoms with Gasteiger partial charge in [0.15, 0.2) is 0 Å². The molecule has 0 aliphatic carbocycles. The van der Waals surface area contributed by atoms with Crippen LogP contribution in [-0.4, -0.2) is 54.7 Å². The molecular weight excluding hydrogens is 706 g/mol. The summed E-state index contributed by atoms with van der Waals surface area (Å²) in [5.41, 5.74) is 9.20. The van der Waals surface area contributed by atoms with Gasteiger partial charge in [0.25, 0.3) is 0 Å². The van der Waals surface area contributed by atoms with E-state index < -0.39 is 0 Å². The third kappa shape index (κ3) is 9.62. The number of H-pyrrole nitrogens is 2. The number of aromatic nitrogens is 4. The quantitative estimate of drug-likeness (QED) is 0.166. The third-order valence-electron chi connectivity index (χ3n) is 5.39. The van der Waals surface area contributed by atoms with Crippen LogP contribution in [-0.2, 0) is 0 Å². The SMILES string of the molecule is Clc1ccc(-c2cc3cc4nc(cc5ccc(cc6nc(cc2[nH]3)C=C6)[nH]5)C=C4)c(Cl)c1.[Al+3].[Al+3].[Cl-].[Cl-].[Cl-].[Cl-].[Cl-].[Cl-]. The van der Waals surface area contributed by atoms with Gasteiger partial charge in [-0.05, 0) is 78.9 Å². The zero-order valence-electron chi connectivity index (χ0n) is 20.2. The average molecular weight is 722 g/mol. The van der Waals surface area contributed by atoms with Gasteiger partial charge < -0.3 is 84.4 Å². The summed E-state index contributed by atoms with van der Waals surface area (Å²) < 4.78 is 0. The number of hydrogen-bond donors (Lipinski definition) is 2. The van der Waals surface area contributed by atoms with Crippen molar-refractivity contribution in [2.24, 2.45) is 0 Å². The Morgan fingerprint density at radius 1 is 0.475 bits per heavy atom. The molecule has 5 heterocycles. The van der Waals surface area contributed by atoms with Crippen LogP contribution in [0.1, 0.15) is 22.8 Å². The van der Waals surface area contributed by atoms with Crippen molar-refractivity contribution >= 4 is 104 Å². The van der Waals surface area contributed by atoms with Gasteiger partial charge in [0.1, 0.15) is 0 Å². The third-order valence-corrected chi connectivity index (χ3v) is 5.94. The summed E-state index contributed by atoms with van der Waals surface area (Å²) in [6.45, 7) is 0. The van der Waals surface area contributed by atoms with Gasteiger partial charge in [-0.2, -0.15) is 0 Å². The van der Waals surface area contributed by atoms with E-state index >= 15 is 0 Å². The molecule has 3 aromatic heterocycles. The van der Waals surface area contributed by atoms with Crippen molar-refractivity contribution < 1.29 is 74.4 Å². The number of nitrogens with zero attached hydrogens (tertiary/aromatic N) is 2. The maximum atomic E-state index is 6.54. The summed E-state index contributed by atoms with van der Waals surface area (Å²) in [5.74, 6) is 0. The van der Waals surface area contributed by atoms with E-state index in [1.165, 1.54) is 0 Å². The fourth-order valence-corrected chi connectivity index (χ4v) is 4.46. The van der Waals surface area contributed by atoms with Gasteiger partial charge in [0, 0.05) is 43.2 Å². The van der Waals surface area contributed by atoms with Crippen LogP contribution in [0.15, 0.2) is 60.7 Å². The van der Waals surface area contributed by atoms with Gasteiger partial charge in [0.2, 0.25) is 0 Å². The van der Waals surface area contributed by atoms with Gasteiger partial charge in [0.05, 0.1) is 22.8 Å². The molecule has 2 aliphatic rings. The van der Waals surface area contributed by atoms with E-state index in [4.69, 9.17) is 33.2 Å². The van der Waals surface area contributed by atoms with Crippen LogP contribution in [0.2, 0.25) is 10.0 Å². The molecule has 0 amide bonds. The van der Waals surface area contributed by atoms with Crippen LogP contribution in [0.3, 0.4) is 0 Å². The summed E-state index contributed by atoms with van der Waals surface area (Å²) in [4.78, 5) is 16.4. The maximum absolute atomic E-state index is 6.54. The molecule has 4 nitrogen and oxygen atoms in total. The minimum atomic E-state index is 0. The Balaban J connectivity index is -0.00000171. The molecule has 0 atom stereocenters. The Labute approximate surface area is 300 Å². The normalized spacial score (nSPS) is 9.95. The molecule has 0 radical (unpaired) electrons. The number of nitrogens with one attached hydrogen (secondary N) is 2. The molecule has 2 N–H and O–H groups in total. The van der Waals surface area contributed by atoms with Crippen molar-refractivity contribution in [2.45, 2.75) is 0 Å². The Morgan fingerprint density at radius 2 is 0.950 bits per heavy atom. The van der Waals surface area contributed by atoms with E-state index in [1.807, 2.05) is 72.8 Å². The first-order chi connectivity index (χ1) is 15.6. The van der Waals surface area contributed by atoms with Crippen LogP contribution in [0.25, 0.3) is 57.5 Å². The van der Waals surface area contributed by atoms with Crippen LogP contribution in [0, 0.1) is 0 Å². The summed E-state index contributed by atoms with van der Waals surface area (Å²) >= 11 is 12.7. The molecule has 8 bridgehead atoms. The minimum absolute atomic E-state index is 0. The molecule has 0 saturated heterocycles. The van der Waals surface area contributed by atoms with E-state index in [0.29, 0.717) is 10.0 Å². The number of halogens is 8. The second-order valence-corrected chi connectivity index (χ2v) is 8.56. The van der Waals surface area contributed by atoms with Crippen LogP contribution in [0.5, 0.6) is 0 Å². The van der Waals surface area contributed by atoms with Crippen molar-refractivity contribution in [1.82, 2.24) is 19.9 Å². The molecule has 0 spiro atoms. The minimum Gasteiger partial charge on any atom is -1.00 e. The summed E-state index contributed by atoms with van der Waals surface area (Å²) in [7, 11) is 0. The van der Waals surface area contributed by atoms with Crippen molar-refractivity contribution in [3.8, 4) is 11.1 Å². The molecule has 14 heteroatoms. The zero-order chi connectivity index (χ0) is 21.7. The zero-order valence-corrected chi connectivity index (χ0v) is 28.5. The fraction of sp³-hybridized carbons (Fsp3) is 0. The number of hydrogen-bond acceptors (Lipinski definition) is 2. The molecule has 6 rings (SSSR count). The standard InChI is InChI=1S/C26H16Cl2N4.2Al.6ClH/c27-15-1-8-23(25(28)9-15)24-13-22-12-20-5-4-18(30-20)10-16-2-3-17(29-16)11-19-6-7-21(31-19)14-26(24)32-22;;;;;;;;/h1-14,29,32H;;;6*1H/q;2*+3;;;;;;/p-6. The topological polar surface area (TPSA) is 57.4 Å². The molecular formula is C26H16Al2Cl8N4. The Kier molecular flexibility index (Phi) is 20.4. The van der Waals surface area contributed by atoms with Crippen LogP contribution in [0.4, 0.5) is 0 Å². The first-order valence-corrected chi connectivity index (χ1v) is 10.9. The van der Waals surface area contributed by atoms with Crippen molar-refractivity contribution in [2.75, 3.05) is 0 Å². The molecule has 202 valence electrons. The average Bonchev–Trinajstić information content (AvgIpc) is 3.53. The Morgan fingerprint density at radius 3 is 1.45 bits per heavy atom. The number of rotatable bonds is 1. The molecule has 40 heavy (non-hydrogen) atoms. The van der Waals surface area contributed by atoms with Gasteiger partial charge in [-0.25, -0.2) is 9.97 Å². The van der Waals surface area contributed by atoms with Crippen LogP contribution >= 0.6 is 23.2 Å². The molecule has 2 aliphatic heterocycles. The maximum Gasteiger partial charge on any atom is 3.00 e. The van der Waals surface area contributed by atoms with E-state index in [-0.39, 0.29) is 109 Å². The molecule has 1 aromatic carbocycles. The second kappa shape index (κ2) is 18.7. The van der Waals surface area contributed by atoms with Gasteiger partial charge >= 0.3 is 34.7 Å². The summed E-state index contributed by atoms with van der Waals surface area (Å²) in [6.07, 6.45) is 8.02. The predicted molar refractivity (Wildman–Crippen MR) is 146 cm³/mol. The monoisotopic (exact) mass is 718 g/mol. The molecule has 4 aromatic rings. The van der Waals surface area contributed by atoms with E-state index in [0.717, 1.165) is 56.0 Å². The first kappa shape index (κ1) is 43.7. The van der Waals surface area contributed by atoms with Crippen LogP contribution < -0.4 is 74.4 Å². The molecule has 0 fully saturated rings. The van der Waals surface area contributed by atoms with Gasteiger partial charge in [-0.1, -0.05) is 29.3 Å². The van der Waals surface area contributed by atoms with Gasteiger partial charge in [-0.3, -0.25) is 0 Å². The number of aromatic amines is 2. The van der Waals surface area contributed by atoms with Crippen molar-refractivity contribution in [3.05, 3.63) is 93.5 Å². The second-order valence-electron chi connectivity index (χ2n) is 7.71. The fourth-order valence-electron chi connectivity index (χ4n) is 3.95. The Hall–Kier alpha value is -0.795. The number of fused-ring (bicyclic) bond motifs is 8. The van der Waals surface area contributed by atoms with Crippen molar-refractivity contribution in [1.29, 1.82) is 0 Å². The van der Waals surface area contributed by atoms with E-state index in [2.05, 4.69) is 16.0 Å². The largest absolute Gasteiger partial charge is 3.00 e. The summed E-state index contributed by atoms with van der Waals surface area (Å²) in [6, 6.07) is 19.8. The van der Waals surface area contributed by atoms with Gasteiger partial charge in [-0.15, -0.1) is 0 Å². The summed E-state index contributed by atoms with van der Waals surface area (Å²) in [5, 5.41) is 1.20. The van der Waals surface area contributed by atoms with E-state index in [1.54, 1.807) is 6.07 Å². The molecule has 0 unspecified atom stereocenters. The first-order valence-electron chi connectivity index (χ1n) is 10.1. The predicted octanol–water partition coefficient (Wildman–Crippen LogP) is -11.1. The number of benzene rings is 1. The molecule has 0 saturated carbocycles. The van der Waals surface area contributed by atoms with E-state index in [9.17, 15) is 0 Å². The smallest absolute Gasteiger partial charge is 1.00 e.